The van der Waals surface area contributed by atoms with Gasteiger partial charge in [-0.3, -0.25) is 4.79 Å². The molecule has 2 bridgehead atoms. The van der Waals surface area contributed by atoms with Gasteiger partial charge in [-0.2, -0.15) is 0 Å². The second-order valence-electron chi connectivity index (χ2n) is 8.35. The summed E-state index contributed by atoms with van der Waals surface area (Å²) in [5.74, 6) is 2.10. The highest BCUT2D eigenvalue weighted by atomic mass is 32.2. The molecule has 0 aromatic carbocycles. The molecule has 4 nitrogen and oxygen atoms in total. The molecule has 1 saturated carbocycles. The molecule has 5 atom stereocenters. The Morgan fingerprint density at radius 3 is 2.58 bits per heavy atom. The molecule has 2 saturated heterocycles. The fourth-order valence-corrected chi connectivity index (χ4v) is 5.83. The fraction of sp³-hybridized carbons (Fsp3) is 0.857. The standard InChI is InChI=1S/C21H34O4S/c22-16(13-15-5-1-2-6-15)8-9-18-17(19-10-11-20(18)25-19)7-3-4-12-26-14-21(23)24/h3-4,15-20,22H,1-2,5-14H2,(H,23,24)/t16?,17-,18+,19-,20+/m0/s1. The van der Waals surface area contributed by atoms with Crippen molar-refractivity contribution in [3.8, 4) is 0 Å². The summed E-state index contributed by atoms with van der Waals surface area (Å²) in [6.07, 6.45) is 16.7. The number of aliphatic carboxylic acids is 1. The van der Waals surface area contributed by atoms with E-state index in [2.05, 4.69) is 12.2 Å². The van der Waals surface area contributed by atoms with Gasteiger partial charge in [-0.05, 0) is 56.3 Å². The molecule has 1 unspecified atom stereocenters. The molecule has 0 spiro atoms. The van der Waals surface area contributed by atoms with E-state index < -0.39 is 5.97 Å². The van der Waals surface area contributed by atoms with Gasteiger partial charge in [-0.15, -0.1) is 11.8 Å². The van der Waals surface area contributed by atoms with Crippen molar-refractivity contribution in [2.45, 2.75) is 82.5 Å². The normalized spacial score (nSPS) is 32.7. The summed E-state index contributed by atoms with van der Waals surface area (Å²) >= 11 is 1.44. The Balaban J connectivity index is 1.40. The van der Waals surface area contributed by atoms with E-state index in [0.29, 0.717) is 24.0 Å². The minimum Gasteiger partial charge on any atom is -0.481 e. The van der Waals surface area contributed by atoms with Gasteiger partial charge in [0.15, 0.2) is 0 Å². The predicted octanol–water partition coefficient (Wildman–Crippen LogP) is 4.27. The van der Waals surface area contributed by atoms with Gasteiger partial charge in [0.05, 0.1) is 24.1 Å². The molecule has 1 aliphatic carbocycles. The van der Waals surface area contributed by atoms with Gasteiger partial charge in [0, 0.05) is 5.75 Å². The van der Waals surface area contributed by atoms with E-state index in [4.69, 9.17) is 9.84 Å². The van der Waals surface area contributed by atoms with Crippen LogP contribution in [-0.2, 0) is 9.53 Å². The maximum atomic E-state index is 10.5. The van der Waals surface area contributed by atoms with Gasteiger partial charge < -0.3 is 14.9 Å². The first-order valence-electron chi connectivity index (χ1n) is 10.4. The maximum Gasteiger partial charge on any atom is 0.313 e. The van der Waals surface area contributed by atoms with Gasteiger partial charge in [0.1, 0.15) is 0 Å². The molecule has 0 radical (unpaired) electrons. The van der Waals surface area contributed by atoms with Crippen molar-refractivity contribution in [1.82, 2.24) is 0 Å². The summed E-state index contributed by atoms with van der Waals surface area (Å²) in [7, 11) is 0. The zero-order valence-electron chi connectivity index (χ0n) is 15.7. The van der Waals surface area contributed by atoms with E-state index in [1.54, 1.807) is 0 Å². The lowest BCUT2D eigenvalue weighted by Gasteiger charge is -2.28. The van der Waals surface area contributed by atoms with E-state index in [-0.39, 0.29) is 11.9 Å². The Bertz CT molecular complexity index is 475. The Kier molecular flexibility index (Phi) is 7.89. The predicted molar refractivity (Wildman–Crippen MR) is 105 cm³/mol. The summed E-state index contributed by atoms with van der Waals surface area (Å²) in [5, 5.41) is 19.1. The fourth-order valence-electron chi connectivity index (χ4n) is 5.27. The third kappa shape index (κ3) is 5.74. The van der Waals surface area contributed by atoms with Gasteiger partial charge in [0.25, 0.3) is 0 Å². The number of aliphatic hydroxyl groups is 1. The maximum absolute atomic E-state index is 10.5. The molecular formula is C21H34O4S. The largest absolute Gasteiger partial charge is 0.481 e. The number of fused-ring (bicyclic) bond motifs is 2. The minimum absolute atomic E-state index is 0.138. The molecule has 148 valence electrons. The van der Waals surface area contributed by atoms with Crippen molar-refractivity contribution in [3.63, 3.8) is 0 Å². The lowest BCUT2D eigenvalue weighted by molar-refractivity contribution is -0.133. The number of thioether (sulfide) groups is 1. The molecular weight excluding hydrogens is 348 g/mol. The van der Waals surface area contributed by atoms with Crippen LogP contribution < -0.4 is 0 Å². The van der Waals surface area contributed by atoms with E-state index >= 15 is 0 Å². The number of hydrogen-bond donors (Lipinski definition) is 2. The zero-order chi connectivity index (χ0) is 18.4. The smallest absolute Gasteiger partial charge is 0.313 e. The van der Waals surface area contributed by atoms with E-state index in [9.17, 15) is 9.90 Å². The first-order chi connectivity index (χ1) is 12.6. The number of carboxylic acid groups (broad SMARTS) is 1. The van der Waals surface area contributed by atoms with Gasteiger partial charge >= 0.3 is 5.97 Å². The second kappa shape index (κ2) is 10.1. The van der Waals surface area contributed by atoms with Crippen LogP contribution in [0.1, 0.15) is 64.2 Å². The topological polar surface area (TPSA) is 66.8 Å². The number of ether oxygens (including phenoxy) is 1. The van der Waals surface area contributed by atoms with Gasteiger partial charge in [-0.25, -0.2) is 0 Å². The highest BCUT2D eigenvalue weighted by Gasteiger charge is 2.47. The molecule has 0 aromatic heterocycles. The zero-order valence-corrected chi connectivity index (χ0v) is 16.5. The van der Waals surface area contributed by atoms with Crippen LogP contribution in [0.25, 0.3) is 0 Å². The average molecular weight is 383 g/mol. The number of hydrogen-bond acceptors (Lipinski definition) is 4. The number of carbonyl (C=O) groups is 1. The summed E-state index contributed by atoms with van der Waals surface area (Å²) in [6, 6.07) is 0. The molecule has 2 N–H and O–H groups in total. The number of allylic oxidation sites excluding steroid dienone is 1. The lowest BCUT2D eigenvalue weighted by Crippen LogP contribution is -2.28. The van der Waals surface area contributed by atoms with Crippen LogP contribution in [0.2, 0.25) is 0 Å². The van der Waals surface area contributed by atoms with Crippen LogP contribution >= 0.6 is 11.8 Å². The summed E-state index contributed by atoms with van der Waals surface area (Å²) in [6.45, 7) is 0. The lowest BCUT2D eigenvalue weighted by atomic mass is 9.75. The van der Waals surface area contributed by atoms with E-state index in [1.807, 2.05) is 0 Å². The number of aliphatic hydroxyl groups excluding tert-OH is 1. The minimum atomic E-state index is -0.749. The molecule has 3 aliphatic rings. The Morgan fingerprint density at radius 2 is 1.85 bits per heavy atom. The average Bonchev–Trinajstić information content (AvgIpc) is 3.33. The monoisotopic (exact) mass is 382 g/mol. The van der Waals surface area contributed by atoms with Crippen molar-refractivity contribution in [3.05, 3.63) is 12.2 Å². The third-order valence-electron chi connectivity index (χ3n) is 6.52. The highest BCUT2D eigenvalue weighted by Crippen LogP contribution is 2.47. The van der Waals surface area contributed by atoms with Gasteiger partial charge in [0.2, 0.25) is 0 Å². The van der Waals surface area contributed by atoms with E-state index in [1.165, 1.54) is 50.3 Å². The van der Waals surface area contributed by atoms with Crippen molar-refractivity contribution >= 4 is 17.7 Å². The number of rotatable bonds is 11. The molecule has 3 rings (SSSR count). The van der Waals surface area contributed by atoms with Crippen molar-refractivity contribution in [1.29, 1.82) is 0 Å². The van der Waals surface area contributed by atoms with Crippen LogP contribution in [0.3, 0.4) is 0 Å². The molecule has 5 heteroatoms. The molecule has 2 aliphatic heterocycles. The third-order valence-corrected chi connectivity index (χ3v) is 7.40. The van der Waals surface area contributed by atoms with Crippen molar-refractivity contribution in [2.75, 3.05) is 11.5 Å². The SMILES string of the molecule is O=C(O)CSCC=CC[C@H]1[C@@H](CCC(O)CC2CCCC2)[C@H]2CC[C@@H]1O2. The molecule has 0 aromatic rings. The Morgan fingerprint density at radius 1 is 1.12 bits per heavy atom. The first-order valence-corrected chi connectivity index (χ1v) is 11.6. The quantitative estimate of drug-likeness (QED) is 0.413. The van der Waals surface area contributed by atoms with Crippen LogP contribution in [0.4, 0.5) is 0 Å². The van der Waals surface area contributed by atoms with Crippen molar-refractivity contribution < 1.29 is 19.7 Å². The van der Waals surface area contributed by atoms with Crippen LogP contribution in [0.5, 0.6) is 0 Å². The second-order valence-corrected chi connectivity index (χ2v) is 9.38. The molecule has 2 heterocycles. The van der Waals surface area contributed by atoms with Crippen molar-refractivity contribution in [2.24, 2.45) is 17.8 Å². The first kappa shape index (κ1) is 20.2. The number of carboxylic acids is 1. The highest BCUT2D eigenvalue weighted by molar-refractivity contribution is 8.00. The summed E-state index contributed by atoms with van der Waals surface area (Å²) < 4.78 is 6.17. The summed E-state index contributed by atoms with van der Waals surface area (Å²) in [4.78, 5) is 10.5. The van der Waals surface area contributed by atoms with Crippen LogP contribution in [0, 0.1) is 17.8 Å². The molecule has 0 amide bonds. The van der Waals surface area contributed by atoms with Crippen LogP contribution in [-0.4, -0.2) is 46.0 Å². The summed E-state index contributed by atoms with van der Waals surface area (Å²) in [5.41, 5.74) is 0. The molecule has 3 fully saturated rings. The van der Waals surface area contributed by atoms with E-state index in [0.717, 1.165) is 37.4 Å². The van der Waals surface area contributed by atoms with Gasteiger partial charge in [-0.1, -0.05) is 37.8 Å². The van der Waals surface area contributed by atoms with Crippen LogP contribution in [0.15, 0.2) is 12.2 Å². The Hall–Kier alpha value is -0.520. The molecule has 26 heavy (non-hydrogen) atoms. The Labute approximate surface area is 161 Å².